The molecule has 198 valence electrons. The molecule has 0 bridgehead atoms. The molecule has 4 N–H and O–H groups in total. The summed E-state index contributed by atoms with van der Waals surface area (Å²) in [6, 6.07) is 18.0. The lowest BCUT2D eigenvalue weighted by Crippen LogP contribution is -2.44. The summed E-state index contributed by atoms with van der Waals surface area (Å²) in [5.74, 6) is -0.665. The highest BCUT2D eigenvalue weighted by Gasteiger charge is 2.17. The zero-order valence-corrected chi connectivity index (χ0v) is 21.8. The topological polar surface area (TPSA) is 123 Å². The number of aromatic hydroxyl groups is 1. The van der Waals surface area contributed by atoms with Crippen LogP contribution in [0.4, 0.5) is 0 Å². The number of hydrogen-bond donors (Lipinski definition) is 3. The lowest BCUT2D eigenvalue weighted by atomic mass is 10.1. The third kappa shape index (κ3) is 7.26. The minimum atomic E-state index is -0.835. The molecular weight excluding hydrogens is 478 g/mol. The molecule has 0 aliphatic heterocycles. The number of pyridine rings is 1. The summed E-state index contributed by atoms with van der Waals surface area (Å²) in [6.45, 7) is 3.00. The number of imide groups is 1. The van der Waals surface area contributed by atoms with Gasteiger partial charge in [-0.15, -0.1) is 0 Å². The van der Waals surface area contributed by atoms with Crippen LogP contribution in [0.5, 0.6) is 5.75 Å². The van der Waals surface area contributed by atoms with Gasteiger partial charge in [-0.3, -0.25) is 24.6 Å². The number of nitrogens with one attached hydrogen (secondary N) is 1. The Morgan fingerprint density at radius 3 is 2.53 bits per heavy atom. The van der Waals surface area contributed by atoms with Crippen molar-refractivity contribution in [1.29, 1.82) is 0 Å². The lowest BCUT2D eigenvalue weighted by Gasteiger charge is -2.12. The van der Waals surface area contributed by atoms with E-state index in [1.165, 1.54) is 0 Å². The van der Waals surface area contributed by atoms with Crippen LogP contribution in [-0.2, 0) is 29.0 Å². The van der Waals surface area contributed by atoms with E-state index >= 15 is 0 Å². The number of carbonyl (C=O) groups is 2. The molecule has 0 unspecified atom stereocenters. The highest BCUT2D eigenvalue weighted by atomic mass is 16.3. The number of aromatic nitrogens is 3. The van der Waals surface area contributed by atoms with Crippen LogP contribution >= 0.6 is 0 Å². The van der Waals surface area contributed by atoms with E-state index in [-0.39, 0.29) is 24.5 Å². The Labute approximate surface area is 222 Å². The summed E-state index contributed by atoms with van der Waals surface area (Å²) < 4.78 is 2.06. The van der Waals surface area contributed by atoms with Crippen LogP contribution in [-0.4, -0.2) is 37.7 Å². The van der Waals surface area contributed by atoms with Crippen molar-refractivity contribution in [3.63, 3.8) is 0 Å². The SMILES string of the molecule is CCCCn1nc(-c2cc3ccccc3cn2)cc1CCCCC(=O)NC(=O)[C@@H](N)Cc1ccc(O)cc1. The average Bonchev–Trinajstić information content (AvgIpc) is 3.33. The fraction of sp³-hybridized carbons (Fsp3) is 0.333. The first-order chi connectivity index (χ1) is 18.4. The van der Waals surface area contributed by atoms with Gasteiger partial charge < -0.3 is 10.8 Å². The fourth-order valence-electron chi connectivity index (χ4n) is 4.37. The van der Waals surface area contributed by atoms with Gasteiger partial charge in [0.15, 0.2) is 0 Å². The standard InChI is InChI=1S/C30H35N5O3/c1-2-3-16-35-24(19-28(34-35)27-18-22-8-4-5-9-23(22)20-32-27)10-6-7-11-29(37)33-30(38)26(31)17-21-12-14-25(36)15-13-21/h4-5,8-9,12-15,18-20,26,36H,2-3,6-7,10-11,16-17,31H2,1H3,(H,33,37,38)/t26-/m0/s1. The van der Waals surface area contributed by atoms with Gasteiger partial charge in [0.05, 0.1) is 11.7 Å². The second-order valence-corrected chi connectivity index (χ2v) is 9.61. The second-order valence-electron chi connectivity index (χ2n) is 9.61. The maximum absolute atomic E-state index is 12.3. The molecule has 0 spiro atoms. The fourth-order valence-corrected chi connectivity index (χ4v) is 4.37. The Bertz CT molecular complexity index is 1380. The number of amides is 2. The van der Waals surface area contributed by atoms with Crippen LogP contribution in [0, 0.1) is 0 Å². The molecule has 0 aliphatic rings. The Kier molecular flexibility index (Phi) is 9.21. The second kappa shape index (κ2) is 13.0. The largest absolute Gasteiger partial charge is 0.508 e. The van der Waals surface area contributed by atoms with Gasteiger partial charge in [-0.1, -0.05) is 49.7 Å². The van der Waals surface area contributed by atoms with Crippen LogP contribution in [0.15, 0.2) is 66.9 Å². The number of rotatable bonds is 12. The van der Waals surface area contributed by atoms with Gasteiger partial charge >= 0.3 is 0 Å². The molecule has 0 radical (unpaired) electrons. The summed E-state index contributed by atoms with van der Waals surface area (Å²) in [5, 5.41) is 18.9. The zero-order chi connectivity index (χ0) is 26.9. The molecule has 0 aliphatic carbocycles. The van der Waals surface area contributed by atoms with Gasteiger partial charge in [-0.2, -0.15) is 5.10 Å². The molecule has 2 amide bonds. The summed E-state index contributed by atoms with van der Waals surface area (Å²) in [5.41, 5.74) is 9.60. The Morgan fingerprint density at radius 2 is 1.76 bits per heavy atom. The van der Waals surface area contributed by atoms with Gasteiger partial charge in [0.2, 0.25) is 11.8 Å². The highest BCUT2D eigenvalue weighted by molar-refractivity contribution is 5.97. The number of phenols is 1. The summed E-state index contributed by atoms with van der Waals surface area (Å²) in [6.07, 6.45) is 6.76. The molecule has 4 rings (SSSR count). The van der Waals surface area contributed by atoms with Crippen molar-refractivity contribution in [2.24, 2.45) is 5.73 Å². The Morgan fingerprint density at radius 1 is 1.00 bits per heavy atom. The lowest BCUT2D eigenvalue weighted by molar-refractivity contribution is -0.131. The summed E-state index contributed by atoms with van der Waals surface area (Å²) in [7, 11) is 0. The molecule has 38 heavy (non-hydrogen) atoms. The number of nitrogens with two attached hydrogens (primary N) is 1. The summed E-state index contributed by atoms with van der Waals surface area (Å²) >= 11 is 0. The molecule has 8 nitrogen and oxygen atoms in total. The molecule has 2 aromatic heterocycles. The highest BCUT2D eigenvalue weighted by Crippen LogP contribution is 2.23. The van der Waals surface area contributed by atoms with Crippen molar-refractivity contribution in [1.82, 2.24) is 20.1 Å². The monoisotopic (exact) mass is 513 g/mol. The number of aryl methyl sites for hydroxylation is 2. The van der Waals surface area contributed by atoms with Crippen molar-refractivity contribution in [3.8, 4) is 17.1 Å². The van der Waals surface area contributed by atoms with Gasteiger partial charge in [0, 0.05) is 30.2 Å². The van der Waals surface area contributed by atoms with E-state index in [0.717, 1.165) is 65.6 Å². The number of fused-ring (bicyclic) bond motifs is 1. The van der Waals surface area contributed by atoms with E-state index in [1.54, 1.807) is 24.3 Å². The number of carbonyl (C=O) groups excluding carboxylic acids is 2. The third-order valence-electron chi connectivity index (χ3n) is 6.56. The first-order valence-corrected chi connectivity index (χ1v) is 13.2. The van der Waals surface area contributed by atoms with Gasteiger partial charge in [-0.25, -0.2) is 0 Å². The quantitative estimate of drug-likeness (QED) is 0.239. The molecule has 0 fully saturated rings. The first-order valence-electron chi connectivity index (χ1n) is 13.2. The minimum Gasteiger partial charge on any atom is -0.508 e. The van der Waals surface area contributed by atoms with Crippen molar-refractivity contribution in [3.05, 3.63) is 78.1 Å². The van der Waals surface area contributed by atoms with Crippen LogP contribution in [0.3, 0.4) is 0 Å². The maximum Gasteiger partial charge on any atom is 0.243 e. The van der Waals surface area contributed by atoms with E-state index in [9.17, 15) is 14.7 Å². The predicted octanol–water partition coefficient (Wildman–Crippen LogP) is 4.53. The van der Waals surface area contributed by atoms with Crippen molar-refractivity contribution >= 4 is 22.6 Å². The van der Waals surface area contributed by atoms with Crippen molar-refractivity contribution in [2.45, 2.75) is 64.5 Å². The van der Waals surface area contributed by atoms with E-state index < -0.39 is 11.9 Å². The van der Waals surface area contributed by atoms with Crippen LogP contribution in [0.2, 0.25) is 0 Å². The molecule has 1 atom stereocenters. The van der Waals surface area contributed by atoms with Crippen molar-refractivity contribution < 1.29 is 14.7 Å². The molecule has 8 heteroatoms. The number of nitrogens with zero attached hydrogens (tertiary/aromatic N) is 3. The normalized spacial score (nSPS) is 11.9. The smallest absolute Gasteiger partial charge is 0.243 e. The molecule has 4 aromatic rings. The number of benzene rings is 2. The van der Waals surface area contributed by atoms with Crippen LogP contribution < -0.4 is 11.1 Å². The van der Waals surface area contributed by atoms with E-state index in [4.69, 9.17) is 10.8 Å². The van der Waals surface area contributed by atoms with Gasteiger partial charge in [0.25, 0.3) is 0 Å². The van der Waals surface area contributed by atoms with Crippen LogP contribution in [0.25, 0.3) is 22.2 Å². The third-order valence-corrected chi connectivity index (χ3v) is 6.56. The summed E-state index contributed by atoms with van der Waals surface area (Å²) in [4.78, 5) is 29.3. The van der Waals surface area contributed by atoms with Crippen LogP contribution in [0.1, 0.15) is 50.3 Å². The number of unbranched alkanes of at least 4 members (excludes halogenated alkanes) is 2. The first kappa shape index (κ1) is 27.0. The van der Waals surface area contributed by atoms with E-state index in [2.05, 4.69) is 40.1 Å². The Balaban J connectivity index is 1.29. The van der Waals surface area contributed by atoms with Crippen molar-refractivity contribution in [2.75, 3.05) is 0 Å². The van der Waals surface area contributed by atoms with Gasteiger partial charge in [-0.05, 0) is 67.3 Å². The average molecular weight is 514 g/mol. The molecule has 2 aromatic carbocycles. The predicted molar refractivity (Wildman–Crippen MR) is 148 cm³/mol. The van der Waals surface area contributed by atoms with Gasteiger partial charge in [0.1, 0.15) is 11.4 Å². The van der Waals surface area contributed by atoms with E-state index in [0.29, 0.717) is 6.42 Å². The number of hydrogen-bond acceptors (Lipinski definition) is 6. The molecule has 0 saturated carbocycles. The zero-order valence-electron chi connectivity index (χ0n) is 21.8. The maximum atomic E-state index is 12.3. The molecule has 2 heterocycles. The molecule has 0 saturated heterocycles. The molecular formula is C30H35N5O3. The Hall–Kier alpha value is -4.04. The van der Waals surface area contributed by atoms with E-state index in [1.807, 2.05) is 24.4 Å². The minimum absolute atomic E-state index is 0.150. The number of phenolic OH excluding ortho intramolecular Hbond substituents is 1.